The molecule has 1 unspecified atom stereocenters. The predicted octanol–water partition coefficient (Wildman–Crippen LogP) is 2.48. The summed E-state index contributed by atoms with van der Waals surface area (Å²) in [5.74, 6) is -2.39. The van der Waals surface area contributed by atoms with Crippen LogP contribution < -0.4 is 4.90 Å². The van der Waals surface area contributed by atoms with Crippen molar-refractivity contribution in [2.24, 2.45) is 0 Å². The Hall–Kier alpha value is -2.69. The highest BCUT2D eigenvalue weighted by molar-refractivity contribution is 6.11. The predicted molar refractivity (Wildman–Crippen MR) is 74.8 cm³/mol. The lowest BCUT2D eigenvalue weighted by Gasteiger charge is -2.22. The second-order valence-corrected chi connectivity index (χ2v) is 4.84. The number of para-hydroxylation sites is 1. The normalized spacial score (nSPS) is 16.6. The van der Waals surface area contributed by atoms with Gasteiger partial charge in [-0.25, -0.2) is 9.18 Å². The van der Waals surface area contributed by atoms with Crippen molar-refractivity contribution in [1.29, 1.82) is 0 Å². The summed E-state index contributed by atoms with van der Waals surface area (Å²) in [5.41, 5.74) is 1.17. The van der Waals surface area contributed by atoms with Gasteiger partial charge in [0.05, 0.1) is 5.56 Å². The average Bonchev–Trinajstić information content (AvgIpc) is 2.86. The van der Waals surface area contributed by atoms with Crippen LogP contribution in [0.25, 0.3) is 0 Å². The molecule has 1 N–H and O–H groups in total. The standard InChI is InChI=1S/C16H12FNO3/c17-12-7-3-2-6-11(12)15(19)18-13-8-4-1-5-10(13)9-14(18)16(20)21/h1-8,14H,9H2,(H,20,21). The first-order chi connectivity index (χ1) is 10.1. The second kappa shape index (κ2) is 5.01. The molecular formula is C16H12FNO3. The third-order valence-corrected chi connectivity index (χ3v) is 3.58. The Kier molecular flexibility index (Phi) is 3.17. The van der Waals surface area contributed by atoms with E-state index in [0.717, 1.165) is 10.5 Å². The molecular weight excluding hydrogens is 273 g/mol. The molecule has 0 bridgehead atoms. The SMILES string of the molecule is O=C(O)C1Cc2ccccc2N1C(=O)c1ccccc1F. The van der Waals surface area contributed by atoms with Crippen LogP contribution in [0.15, 0.2) is 48.5 Å². The average molecular weight is 285 g/mol. The van der Waals surface area contributed by atoms with Gasteiger partial charge in [0.15, 0.2) is 0 Å². The van der Waals surface area contributed by atoms with Gasteiger partial charge in [-0.15, -0.1) is 0 Å². The summed E-state index contributed by atoms with van der Waals surface area (Å²) in [6, 6.07) is 11.5. The van der Waals surface area contributed by atoms with Crippen molar-refractivity contribution in [2.75, 3.05) is 4.90 Å². The van der Waals surface area contributed by atoms with Gasteiger partial charge in [0.25, 0.3) is 5.91 Å². The van der Waals surface area contributed by atoms with Crippen molar-refractivity contribution in [2.45, 2.75) is 12.5 Å². The van der Waals surface area contributed by atoms with Gasteiger partial charge in [0.1, 0.15) is 11.9 Å². The van der Waals surface area contributed by atoms with E-state index in [-0.39, 0.29) is 12.0 Å². The number of benzene rings is 2. The molecule has 2 aromatic rings. The molecule has 1 amide bonds. The molecule has 0 spiro atoms. The summed E-state index contributed by atoms with van der Waals surface area (Å²) in [4.78, 5) is 25.1. The zero-order valence-corrected chi connectivity index (χ0v) is 11.0. The van der Waals surface area contributed by atoms with Gasteiger partial charge in [-0.2, -0.15) is 0 Å². The van der Waals surface area contributed by atoms with Gasteiger partial charge in [0, 0.05) is 12.1 Å². The molecule has 1 aliphatic heterocycles. The number of carbonyl (C=O) groups excluding carboxylic acids is 1. The Morgan fingerprint density at radius 3 is 2.48 bits per heavy atom. The number of fused-ring (bicyclic) bond motifs is 1. The summed E-state index contributed by atoms with van der Waals surface area (Å²) in [7, 11) is 0. The number of carboxylic acid groups (broad SMARTS) is 1. The highest BCUT2D eigenvalue weighted by Gasteiger charge is 2.39. The number of anilines is 1. The van der Waals surface area contributed by atoms with E-state index in [1.54, 1.807) is 30.3 Å². The summed E-state index contributed by atoms with van der Waals surface area (Å²) < 4.78 is 13.8. The maximum Gasteiger partial charge on any atom is 0.327 e. The molecule has 1 aliphatic rings. The fourth-order valence-corrected chi connectivity index (χ4v) is 2.60. The lowest BCUT2D eigenvalue weighted by Crippen LogP contribution is -2.43. The number of aliphatic carboxylic acids is 1. The van der Waals surface area contributed by atoms with E-state index in [4.69, 9.17) is 0 Å². The van der Waals surface area contributed by atoms with E-state index in [0.29, 0.717) is 5.69 Å². The van der Waals surface area contributed by atoms with E-state index in [2.05, 4.69) is 0 Å². The third-order valence-electron chi connectivity index (χ3n) is 3.58. The zero-order valence-electron chi connectivity index (χ0n) is 11.0. The van der Waals surface area contributed by atoms with Gasteiger partial charge in [-0.05, 0) is 23.8 Å². The first-order valence-corrected chi connectivity index (χ1v) is 6.48. The van der Waals surface area contributed by atoms with Crippen molar-refractivity contribution >= 4 is 17.6 Å². The maximum atomic E-state index is 13.8. The Labute approximate surface area is 120 Å². The molecule has 21 heavy (non-hydrogen) atoms. The van der Waals surface area contributed by atoms with Crippen LogP contribution in [0.5, 0.6) is 0 Å². The first-order valence-electron chi connectivity index (χ1n) is 6.48. The van der Waals surface area contributed by atoms with E-state index < -0.39 is 23.7 Å². The fourth-order valence-electron chi connectivity index (χ4n) is 2.60. The molecule has 0 aliphatic carbocycles. The van der Waals surface area contributed by atoms with Crippen LogP contribution >= 0.6 is 0 Å². The topological polar surface area (TPSA) is 57.6 Å². The molecule has 1 heterocycles. The third kappa shape index (κ3) is 2.16. The minimum absolute atomic E-state index is 0.125. The van der Waals surface area contributed by atoms with Gasteiger partial charge >= 0.3 is 5.97 Å². The van der Waals surface area contributed by atoms with Crippen molar-refractivity contribution < 1.29 is 19.1 Å². The lowest BCUT2D eigenvalue weighted by atomic mass is 10.1. The molecule has 0 aromatic heterocycles. The number of hydrogen-bond donors (Lipinski definition) is 1. The van der Waals surface area contributed by atoms with Crippen LogP contribution in [0.2, 0.25) is 0 Å². The van der Waals surface area contributed by atoms with Gasteiger partial charge in [-0.1, -0.05) is 30.3 Å². The molecule has 0 fully saturated rings. The summed E-state index contributed by atoms with van der Waals surface area (Å²) in [6.45, 7) is 0. The zero-order chi connectivity index (χ0) is 15.0. The van der Waals surface area contributed by atoms with Crippen molar-refractivity contribution in [3.05, 3.63) is 65.5 Å². The highest BCUT2D eigenvalue weighted by Crippen LogP contribution is 2.33. The van der Waals surface area contributed by atoms with Crippen LogP contribution in [0.4, 0.5) is 10.1 Å². The summed E-state index contributed by atoms with van der Waals surface area (Å²) >= 11 is 0. The highest BCUT2D eigenvalue weighted by atomic mass is 19.1. The van der Waals surface area contributed by atoms with Gasteiger partial charge < -0.3 is 5.11 Å². The smallest absolute Gasteiger partial charge is 0.327 e. The fraction of sp³-hybridized carbons (Fsp3) is 0.125. The summed E-state index contributed by atoms with van der Waals surface area (Å²) in [6.07, 6.45) is 0.228. The number of carboxylic acids is 1. The van der Waals surface area contributed by atoms with Gasteiger partial charge in [-0.3, -0.25) is 9.69 Å². The molecule has 2 aromatic carbocycles. The van der Waals surface area contributed by atoms with Crippen LogP contribution in [0.3, 0.4) is 0 Å². The monoisotopic (exact) mass is 285 g/mol. The van der Waals surface area contributed by atoms with Crippen LogP contribution in [0, 0.1) is 5.82 Å². The van der Waals surface area contributed by atoms with Crippen molar-refractivity contribution in [3.8, 4) is 0 Å². The van der Waals surface area contributed by atoms with Crippen molar-refractivity contribution in [1.82, 2.24) is 0 Å². The molecule has 5 heteroatoms. The number of amides is 1. The van der Waals surface area contributed by atoms with Crippen LogP contribution in [0.1, 0.15) is 15.9 Å². The molecule has 0 radical (unpaired) electrons. The largest absolute Gasteiger partial charge is 0.480 e. The van der Waals surface area contributed by atoms with Crippen molar-refractivity contribution in [3.63, 3.8) is 0 Å². The number of carbonyl (C=O) groups is 2. The minimum atomic E-state index is -1.10. The Bertz CT molecular complexity index is 729. The lowest BCUT2D eigenvalue weighted by molar-refractivity contribution is -0.138. The molecule has 106 valence electrons. The second-order valence-electron chi connectivity index (χ2n) is 4.84. The Balaban J connectivity index is 2.08. The molecule has 4 nitrogen and oxygen atoms in total. The molecule has 3 rings (SSSR count). The van der Waals surface area contributed by atoms with Gasteiger partial charge in [0.2, 0.25) is 0 Å². The van der Waals surface area contributed by atoms with Crippen LogP contribution in [-0.2, 0) is 11.2 Å². The Morgan fingerprint density at radius 1 is 1.10 bits per heavy atom. The number of rotatable bonds is 2. The minimum Gasteiger partial charge on any atom is -0.480 e. The number of hydrogen-bond acceptors (Lipinski definition) is 2. The van der Waals surface area contributed by atoms with E-state index >= 15 is 0 Å². The van der Waals surface area contributed by atoms with Crippen LogP contribution in [-0.4, -0.2) is 23.0 Å². The quantitative estimate of drug-likeness (QED) is 0.922. The van der Waals surface area contributed by atoms with E-state index in [1.165, 1.54) is 18.2 Å². The number of nitrogens with zero attached hydrogens (tertiary/aromatic N) is 1. The maximum absolute atomic E-state index is 13.8. The first kappa shape index (κ1) is 13.3. The van der Waals surface area contributed by atoms with E-state index in [1.807, 2.05) is 0 Å². The number of halogens is 1. The summed E-state index contributed by atoms with van der Waals surface area (Å²) in [5, 5.41) is 9.33. The molecule has 0 saturated carbocycles. The Morgan fingerprint density at radius 2 is 1.76 bits per heavy atom. The molecule has 1 atom stereocenters. The molecule has 0 saturated heterocycles. The van der Waals surface area contributed by atoms with E-state index in [9.17, 15) is 19.1 Å².